The lowest BCUT2D eigenvalue weighted by Crippen LogP contribution is -2.45. The van der Waals surface area contributed by atoms with Crippen molar-refractivity contribution in [3.05, 3.63) is 24.3 Å². The molecule has 0 bridgehead atoms. The number of carbonyl (C=O) groups is 1. The summed E-state index contributed by atoms with van der Waals surface area (Å²) >= 11 is 0. The minimum Gasteiger partial charge on any atom is -0.497 e. The molecule has 0 unspecified atom stereocenters. The van der Waals surface area contributed by atoms with Crippen molar-refractivity contribution < 1.29 is 14.1 Å². The van der Waals surface area contributed by atoms with Gasteiger partial charge in [-0.25, -0.2) is 0 Å². The highest BCUT2D eigenvalue weighted by Gasteiger charge is 2.31. The first-order chi connectivity index (χ1) is 13.6. The van der Waals surface area contributed by atoms with Crippen LogP contribution in [0, 0.1) is 11.8 Å². The lowest BCUT2D eigenvalue weighted by atomic mass is 9.93. The van der Waals surface area contributed by atoms with Gasteiger partial charge in [0.05, 0.1) is 7.11 Å². The number of aromatic nitrogens is 2. The summed E-state index contributed by atoms with van der Waals surface area (Å²) in [5.41, 5.74) is 0.889. The number of carbonyl (C=O) groups excluding carboxylic acids is 1. The summed E-state index contributed by atoms with van der Waals surface area (Å²) in [6.07, 6.45) is 3.93. The summed E-state index contributed by atoms with van der Waals surface area (Å²) in [7, 11) is 1.64. The van der Waals surface area contributed by atoms with Gasteiger partial charge < -0.3 is 19.1 Å². The van der Waals surface area contributed by atoms with Gasteiger partial charge >= 0.3 is 6.01 Å². The number of likely N-dealkylation sites (tertiary alicyclic amines) is 1. The van der Waals surface area contributed by atoms with Gasteiger partial charge in [-0.3, -0.25) is 4.79 Å². The predicted molar refractivity (Wildman–Crippen MR) is 106 cm³/mol. The van der Waals surface area contributed by atoms with Crippen LogP contribution in [0.4, 0.5) is 6.01 Å². The number of hydrogen-bond acceptors (Lipinski definition) is 6. The van der Waals surface area contributed by atoms with E-state index in [0.717, 1.165) is 69.1 Å². The largest absolute Gasteiger partial charge is 0.497 e. The highest BCUT2D eigenvalue weighted by atomic mass is 16.5. The molecule has 2 fully saturated rings. The minimum atomic E-state index is 0.119. The number of ether oxygens (including phenoxy) is 1. The molecule has 2 aromatic rings. The van der Waals surface area contributed by atoms with Crippen LogP contribution < -0.4 is 9.64 Å². The fraction of sp³-hybridized carbons (Fsp3) is 0.571. The summed E-state index contributed by atoms with van der Waals surface area (Å²) in [5, 5.41) is 4.11. The van der Waals surface area contributed by atoms with Crippen molar-refractivity contribution in [2.45, 2.75) is 32.6 Å². The molecule has 0 radical (unpaired) electrons. The monoisotopic (exact) mass is 384 g/mol. The Balaban J connectivity index is 1.34. The van der Waals surface area contributed by atoms with Gasteiger partial charge in [-0.1, -0.05) is 12.1 Å². The Kier molecular flexibility index (Phi) is 5.50. The molecule has 28 heavy (non-hydrogen) atoms. The molecule has 0 N–H and O–H groups in total. The van der Waals surface area contributed by atoms with Gasteiger partial charge in [-0.15, -0.1) is 0 Å². The lowest BCUT2D eigenvalue weighted by Gasteiger charge is -2.36. The van der Waals surface area contributed by atoms with Gasteiger partial charge in [0.25, 0.3) is 0 Å². The Hall–Kier alpha value is -2.57. The van der Waals surface area contributed by atoms with E-state index in [2.05, 4.69) is 26.9 Å². The third kappa shape index (κ3) is 3.98. The van der Waals surface area contributed by atoms with E-state index in [-0.39, 0.29) is 5.92 Å². The predicted octanol–water partition coefficient (Wildman–Crippen LogP) is 3.22. The van der Waals surface area contributed by atoms with E-state index >= 15 is 0 Å². The van der Waals surface area contributed by atoms with E-state index < -0.39 is 0 Å². The van der Waals surface area contributed by atoms with Crippen molar-refractivity contribution in [3.8, 4) is 17.1 Å². The van der Waals surface area contributed by atoms with Crippen molar-refractivity contribution in [3.63, 3.8) is 0 Å². The molecule has 150 valence electrons. The zero-order valence-corrected chi connectivity index (χ0v) is 16.6. The molecule has 2 aliphatic heterocycles. The number of benzene rings is 1. The third-order valence-corrected chi connectivity index (χ3v) is 5.97. The number of hydrogen-bond donors (Lipinski definition) is 0. The molecule has 0 aliphatic carbocycles. The van der Waals surface area contributed by atoms with Crippen molar-refractivity contribution in [2.24, 2.45) is 11.8 Å². The number of anilines is 1. The van der Waals surface area contributed by atoms with E-state index in [9.17, 15) is 4.79 Å². The first-order valence-electron chi connectivity index (χ1n) is 10.2. The molecule has 4 rings (SSSR count). The van der Waals surface area contributed by atoms with Crippen molar-refractivity contribution >= 4 is 11.9 Å². The molecular formula is C21H28N4O3. The first-order valence-corrected chi connectivity index (χ1v) is 10.2. The van der Waals surface area contributed by atoms with Crippen LogP contribution in [0.2, 0.25) is 0 Å². The topological polar surface area (TPSA) is 71.7 Å². The second-order valence-electron chi connectivity index (χ2n) is 7.90. The summed E-state index contributed by atoms with van der Waals surface area (Å²) in [5.74, 6) is 2.55. The van der Waals surface area contributed by atoms with Crippen molar-refractivity contribution in [2.75, 3.05) is 38.2 Å². The van der Waals surface area contributed by atoms with E-state index in [1.165, 1.54) is 0 Å². The molecule has 1 aromatic heterocycles. The van der Waals surface area contributed by atoms with Crippen LogP contribution in [0.1, 0.15) is 32.6 Å². The van der Waals surface area contributed by atoms with E-state index in [0.29, 0.717) is 17.7 Å². The highest BCUT2D eigenvalue weighted by molar-refractivity contribution is 5.79. The number of piperidine rings is 2. The molecule has 2 aliphatic rings. The van der Waals surface area contributed by atoms with Gasteiger partial charge in [0.1, 0.15) is 5.75 Å². The van der Waals surface area contributed by atoms with E-state index in [1.54, 1.807) is 7.11 Å². The summed E-state index contributed by atoms with van der Waals surface area (Å²) in [6, 6.07) is 8.12. The van der Waals surface area contributed by atoms with Crippen LogP contribution in [0.3, 0.4) is 0 Å². The molecular weight excluding hydrogens is 356 g/mol. The lowest BCUT2D eigenvalue weighted by molar-refractivity contribution is -0.137. The molecule has 0 spiro atoms. The molecule has 7 heteroatoms. The van der Waals surface area contributed by atoms with Crippen molar-refractivity contribution in [1.29, 1.82) is 0 Å². The minimum absolute atomic E-state index is 0.119. The number of rotatable bonds is 4. The van der Waals surface area contributed by atoms with Crippen LogP contribution in [0.15, 0.2) is 28.8 Å². The van der Waals surface area contributed by atoms with Crippen LogP contribution in [-0.4, -0.2) is 54.2 Å². The van der Waals surface area contributed by atoms with E-state index in [1.807, 2.05) is 24.3 Å². The number of nitrogens with zero attached hydrogens (tertiary/aromatic N) is 4. The molecule has 7 nitrogen and oxygen atoms in total. The molecule has 3 heterocycles. The van der Waals surface area contributed by atoms with Crippen molar-refractivity contribution in [1.82, 2.24) is 15.0 Å². The van der Waals surface area contributed by atoms with Crippen LogP contribution in [0.25, 0.3) is 11.4 Å². The maximum absolute atomic E-state index is 12.8. The second-order valence-corrected chi connectivity index (χ2v) is 7.90. The molecule has 2 saturated heterocycles. The van der Waals surface area contributed by atoms with Gasteiger partial charge in [-0.05, 0) is 55.9 Å². The van der Waals surface area contributed by atoms with E-state index in [4.69, 9.17) is 9.26 Å². The smallest absolute Gasteiger partial charge is 0.324 e. The third-order valence-electron chi connectivity index (χ3n) is 5.97. The average molecular weight is 384 g/mol. The molecule has 0 saturated carbocycles. The first kappa shape index (κ1) is 18.8. The Morgan fingerprint density at radius 2 is 1.75 bits per heavy atom. The second kappa shape index (κ2) is 8.20. The fourth-order valence-electron chi connectivity index (χ4n) is 4.01. The van der Waals surface area contributed by atoms with Crippen LogP contribution >= 0.6 is 0 Å². The Labute approximate surface area is 165 Å². The summed E-state index contributed by atoms with van der Waals surface area (Å²) in [6.45, 7) is 5.63. The SMILES string of the molecule is COc1ccc(-c2noc(N3CCC(C(=O)N4CCC(C)CC4)CC3)n2)cc1. The summed E-state index contributed by atoms with van der Waals surface area (Å²) < 4.78 is 10.7. The molecule has 0 atom stereocenters. The van der Waals surface area contributed by atoms with Gasteiger partial charge in [-0.2, -0.15) is 4.98 Å². The van der Waals surface area contributed by atoms with Crippen LogP contribution in [0.5, 0.6) is 5.75 Å². The Bertz CT molecular complexity index is 788. The molecule has 1 amide bonds. The maximum atomic E-state index is 12.8. The standard InChI is InChI=1S/C21H28N4O3/c1-15-7-11-24(12-8-15)20(26)17-9-13-25(14-10-17)21-22-19(23-28-21)16-3-5-18(27-2)6-4-16/h3-6,15,17H,7-14H2,1-2H3. The fourth-order valence-corrected chi connectivity index (χ4v) is 4.01. The average Bonchev–Trinajstić information content (AvgIpc) is 3.24. The quantitative estimate of drug-likeness (QED) is 0.806. The van der Waals surface area contributed by atoms with Crippen LogP contribution in [-0.2, 0) is 4.79 Å². The Morgan fingerprint density at radius 1 is 1.07 bits per heavy atom. The zero-order valence-electron chi connectivity index (χ0n) is 16.6. The molecule has 1 aromatic carbocycles. The maximum Gasteiger partial charge on any atom is 0.324 e. The van der Waals surface area contributed by atoms with Gasteiger partial charge in [0.2, 0.25) is 11.7 Å². The number of methoxy groups -OCH3 is 1. The number of amides is 1. The highest BCUT2D eigenvalue weighted by Crippen LogP contribution is 2.27. The zero-order chi connectivity index (χ0) is 19.5. The summed E-state index contributed by atoms with van der Waals surface area (Å²) in [4.78, 5) is 21.5. The van der Waals surface area contributed by atoms with Gasteiger partial charge in [0.15, 0.2) is 0 Å². The Morgan fingerprint density at radius 3 is 2.39 bits per heavy atom. The van der Waals surface area contributed by atoms with Gasteiger partial charge in [0, 0.05) is 37.7 Å². The normalized spacial score (nSPS) is 19.1.